The Morgan fingerprint density at radius 3 is 2.19 bits per heavy atom. The van der Waals surface area contributed by atoms with Crippen molar-refractivity contribution in [2.24, 2.45) is 22.7 Å². The fraction of sp³-hybridized carbons (Fsp3) is 0.579. The maximum atomic E-state index is 10.9. The van der Waals surface area contributed by atoms with Gasteiger partial charge in [0.1, 0.15) is 6.10 Å². The molecule has 0 amide bonds. The standard InChI is InChI=1S/C38H48O4/c1-9-35(5)13-15-37(7)23(19-35)11-12-24-21(3)32-29(18-25(24)37)41-33-27-20-36(6,10-2)14-16-38(27,8)26-17-28(39)31(40)22(4)30(26)34(33)42-32/h9-10,17-18,23,27,33-34,39-40H,1-2,11-16,19-20H2,3-8H3. The van der Waals surface area contributed by atoms with Crippen LogP contribution in [-0.4, -0.2) is 16.3 Å². The van der Waals surface area contributed by atoms with Gasteiger partial charge in [-0.25, -0.2) is 0 Å². The molecule has 42 heavy (non-hydrogen) atoms. The van der Waals surface area contributed by atoms with Crippen molar-refractivity contribution in [3.8, 4) is 23.0 Å². The lowest BCUT2D eigenvalue weighted by atomic mass is 9.51. The van der Waals surface area contributed by atoms with E-state index in [0.29, 0.717) is 11.5 Å². The number of benzene rings is 2. The summed E-state index contributed by atoms with van der Waals surface area (Å²) in [5.41, 5.74) is 7.00. The van der Waals surface area contributed by atoms with Crippen LogP contribution in [0.5, 0.6) is 23.0 Å². The van der Waals surface area contributed by atoms with Gasteiger partial charge < -0.3 is 19.7 Å². The number of aromatic hydroxyl groups is 2. The second kappa shape index (κ2) is 8.83. The largest absolute Gasteiger partial charge is 0.504 e. The van der Waals surface area contributed by atoms with Crippen LogP contribution < -0.4 is 9.47 Å². The summed E-state index contributed by atoms with van der Waals surface area (Å²) in [6.45, 7) is 22.0. The predicted octanol–water partition coefficient (Wildman–Crippen LogP) is 9.06. The molecule has 0 bridgehead atoms. The predicted molar refractivity (Wildman–Crippen MR) is 168 cm³/mol. The first-order valence-electron chi connectivity index (χ1n) is 16.1. The first kappa shape index (κ1) is 27.9. The minimum atomic E-state index is -0.351. The number of fused-ring (bicyclic) bond motifs is 10. The van der Waals surface area contributed by atoms with Crippen molar-refractivity contribution < 1.29 is 19.7 Å². The lowest BCUT2D eigenvalue weighted by Gasteiger charge is -2.57. The topological polar surface area (TPSA) is 58.9 Å². The summed E-state index contributed by atoms with van der Waals surface area (Å²) in [6.07, 6.45) is 12.4. The molecule has 0 aromatic heterocycles. The Morgan fingerprint density at radius 1 is 0.833 bits per heavy atom. The van der Waals surface area contributed by atoms with E-state index < -0.39 is 0 Å². The zero-order chi connectivity index (χ0) is 30.0. The van der Waals surface area contributed by atoms with Crippen molar-refractivity contribution in [2.75, 3.05) is 0 Å². The highest BCUT2D eigenvalue weighted by Gasteiger charge is 2.58. The van der Waals surface area contributed by atoms with Crippen LogP contribution in [0.2, 0.25) is 0 Å². The third-order valence-corrected chi connectivity index (χ3v) is 13.2. The van der Waals surface area contributed by atoms with Gasteiger partial charge in [-0.15, -0.1) is 13.2 Å². The monoisotopic (exact) mass is 568 g/mol. The van der Waals surface area contributed by atoms with Gasteiger partial charge in [0.25, 0.3) is 0 Å². The maximum Gasteiger partial charge on any atom is 0.165 e. The Balaban J connectivity index is 1.38. The van der Waals surface area contributed by atoms with E-state index in [-0.39, 0.29) is 51.3 Å². The molecular weight excluding hydrogens is 520 g/mol. The van der Waals surface area contributed by atoms with Crippen molar-refractivity contribution in [1.29, 1.82) is 0 Å². The van der Waals surface area contributed by atoms with Crippen molar-refractivity contribution in [3.63, 3.8) is 0 Å². The number of phenols is 2. The minimum absolute atomic E-state index is 0.0102. The SMILES string of the molecule is C=CC1(C)CCC2(C)c3cc4c(c(C)c3CCC2C1)OC1c2c(cc(O)c(O)c2C)C2(C)CCC(C)(C=C)CC2C1O4. The van der Waals surface area contributed by atoms with E-state index in [1.54, 1.807) is 6.07 Å². The first-order valence-corrected chi connectivity index (χ1v) is 16.1. The number of hydrogen-bond acceptors (Lipinski definition) is 4. The van der Waals surface area contributed by atoms with Gasteiger partial charge in [0, 0.05) is 17.0 Å². The van der Waals surface area contributed by atoms with Crippen molar-refractivity contribution >= 4 is 0 Å². The number of phenolic OH excluding ortho intramolecular Hbond substituents is 2. The van der Waals surface area contributed by atoms with E-state index in [1.807, 2.05) is 6.92 Å². The molecule has 1 heterocycles. The lowest BCUT2D eigenvalue weighted by molar-refractivity contribution is -0.0775. The highest BCUT2D eigenvalue weighted by molar-refractivity contribution is 5.62. The molecule has 5 aliphatic rings. The van der Waals surface area contributed by atoms with Crippen molar-refractivity contribution in [1.82, 2.24) is 0 Å². The number of allylic oxidation sites excluding steroid dienone is 2. The summed E-state index contributed by atoms with van der Waals surface area (Å²) >= 11 is 0. The molecule has 2 fully saturated rings. The molecule has 1 aliphatic heterocycles. The fourth-order valence-corrected chi connectivity index (χ4v) is 9.91. The Kier molecular flexibility index (Phi) is 5.87. The van der Waals surface area contributed by atoms with Gasteiger partial charge in [0.05, 0.1) is 0 Å². The van der Waals surface area contributed by atoms with Crippen molar-refractivity contribution in [3.05, 3.63) is 70.8 Å². The maximum absolute atomic E-state index is 10.9. The summed E-state index contributed by atoms with van der Waals surface area (Å²) in [6, 6.07) is 4.15. The summed E-state index contributed by atoms with van der Waals surface area (Å²) in [7, 11) is 0. The van der Waals surface area contributed by atoms with Gasteiger partial charge in [0.2, 0.25) is 0 Å². The number of ether oxygens (including phenoxy) is 2. The molecule has 2 aromatic rings. The first-order chi connectivity index (χ1) is 19.8. The molecule has 4 nitrogen and oxygen atoms in total. The average molecular weight is 569 g/mol. The van der Waals surface area contributed by atoms with Crippen LogP contribution in [0.15, 0.2) is 37.4 Å². The van der Waals surface area contributed by atoms with Gasteiger partial charge in [-0.1, -0.05) is 39.8 Å². The average Bonchev–Trinajstić information content (AvgIpc) is 2.97. The Bertz CT molecular complexity index is 1520. The van der Waals surface area contributed by atoms with Crippen LogP contribution in [0.4, 0.5) is 0 Å². The van der Waals surface area contributed by atoms with Crippen LogP contribution in [0.1, 0.15) is 112 Å². The number of rotatable bonds is 2. The van der Waals surface area contributed by atoms with E-state index >= 15 is 0 Å². The van der Waals surface area contributed by atoms with Crippen LogP contribution in [-0.2, 0) is 17.3 Å². The van der Waals surface area contributed by atoms with E-state index in [0.717, 1.165) is 61.2 Å². The smallest absolute Gasteiger partial charge is 0.165 e. The van der Waals surface area contributed by atoms with E-state index in [2.05, 4.69) is 66.0 Å². The second-order valence-electron chi connectivity index (χ2n) is 15.6. The molecule has 0 saturated heterocycles. The molecule has 8 unspecified atom stereocenters. The molecule has 2 N–H and O–H groups in total. The van der Waals surface area contributed by atoms with E-state index in [4.69, 9.17) is 9.47 Å². The van der Waals surface area contributed by atoms with Gasteiger partial charge in [-0.2, -0.15) is 0 Å². The zero-order valence-corrected chi connectivity index (χ0v) is 26.4. The highest BCUT2D eigenvalue weighted by Crippen LogP contribution is 2.64. The molecular formula is C38H48O4. The molecule has 7 rings (SSSR count). The summed E-state index contributed by atoms with van der Waals surface area (Å²) in [5.74, 6) is 2.43. The van der Waals surface area contributed by atoms with Gasteiger partial charge in [0.15, 0.2) is 29.1 Å². The summed E-state index contributed by atoms with van der Waals surface area (Å²) in [5, 5.41) is 21.7. The lowest BCUT2D eigenvalue weighted by Crippen LogP contribution is -2.56. The van der Waals surface area contributed by atoms with Gasteiger partial charge in [-0.3, -0.25) is 0 Å². The Morgan fingerprint density at radius 2 is 1.50 bits per heavy atom. The molecule has 2 saturated carbocycles. The third-order valence-electron chi connectivity index (χ3n) is 13.2. The molecule has 224 valence electrons. The second-order valence-corrected chi connectivity index (χ2v) is 15.6. The van der Waals surface area contributed by atoms with E-state index in [1.165, 1.54) is 29.5 Å². The van der Waals surface area contributed by atoms with Gasteiger partial charge in [-0.05, 0) is 127 Å². The summed E-state index contributed by atoms with van der Waals surface area (Å²) < 4.78 is 14.3. The Hall–Kier alpha value is -2.88. The molecule has 0 spiro atoms. The molecule has 2 aromatic carbocycles. The van der Waals surface area contributed by atoms with Crippen LogP contribution >= 0.6 is 0 Å². The van der Waals surface area contributed by atoms with Crippen LogP contribution in [0.3, 0.4) is 0 Å². The molecule has 4 aliphatic carbocycles. The van der Waals surface area contributed by atoms with Crippen LogP contribution in [0.25, 0.3) is 0 Å². The molecule has 0 radical (unpaired) electrons. The number of hydrogen-bond donors (Lipinski definition) is 2. The van der Waals surface area contributed by atoms with Crippen LogP contribution in [0, 0.1) is 36.5 Å². The fourth-order valence-electron chi connectivity index (χ4n) is 9.91. The molecule has 4 heteroatoms. The normalized spacial score (nSPS) is 39.6. The van der Waals surface area contributed by atoms with Crippen molar-refractivity contribution in [2.45, 2.75) is 116 Å². The van der Waals surface area contributed by atoms with E-state index in [9.17, 15) is 10.2 Å². The Labute approximate surface area is 251 Å². The summed E-state index contributed by atoms with van der Waals surface area (Å²) in [4.78, 5) is 0. The quantitative estimate of drug-likeness (QED) is 0.280. The highest BCUT2D eigenvalue weighted by atomic mass is 16.6. The minimum Gasteiger partial charge on any atom is -0.504 e. The molecule has 8 atom stereocenters. The zero-order valence-electron chi connectivity index (χ0n) is 26.4. The third kappa shape index (κ3) is 3.59. The van der Waals surface area contributed by atoms with Gasteiger partial charge >= 0.3 is 0 Å².